The van der Waals surface area contributed by atoms with Crippen molar-refractivity contribution in [2.75, 3.05) is 13.7 Å². The lowest BCUT2D eigenvalue weighted by molar-refractivity contribution is 0.162. The summed E-state index contributed by atoms with van der Waals surface area (Å²) in [5, 5.41) is 3.75. The predicted molar refractivity (Wildman–Crippen MR) is 56.5 cm³/mol. The molecule has 0 amide bonds. The van der Waals surface area contributed by atoms with Gasteiger partial charge in [0.25, 0.3) is 0 Å². The number of hydrogen-bond donors (Lipinski definition) is 1. The van der Waals surface area contributed by atoms with E-state index in [0.717, 1.165) is 12.2 Å². The molecule has 1 rings (SSSR count). The molecule has 1 atom stereocenters. The fourth-order valence-electron chi connectivity index (χ4n) is 1.21. The topological polar surface area (TPSA) is 34.4 Å². The second-order valence-corrected chi connectivity index (χ2v) is 3.52. The fourth-order valence-corrected chi connectivity index (χ4v) is 1.38. The quantitative estimate of drug-likeness (QED) is 0.795. The molecular formula is C10H16ClNO2. The summed E-state index contributed by atoms with van der Waals surface area (Å²) >= 11 is 5.65. The van der Waals surface area contributed by atoms with Crippen molar-refractivity contribution in [3.8, 4) is 0 Å². The average molecular weight is 218 g/mol. The van der Waals surface area contributed by atoms with Crippen LogP contribution >= 0.6 is 11.6 Å². The molecule has 0 saturated carbocycles. The molecule has 1 heterocycles. The van der Waals surface area contributed by atoms with Crippen LogP contribution in [0.4, 0.5) is 0 Å². The third-order valence-electron chi connectivity index (χ3n) is 2.05. The molecule has 3 nitrogen and oxygen atoms in total. The van der Waals surface area contributed by atoms with Crippen LogP contribution in [0.2, 0.25) is 5.22 Å². The van der Waals surface area contributed by atoms with Crippen molar-refractivity contribution < 1.29 is 9.15 Å². The van der Waals surface area contributed by atoms with Crippen LogP contribution in [0, 0.1) is 0 Å². The van der Waals surface area contributed by atoms with Crippen molar-refractivity contribution in [1.82, 2.24) is 5.32 Å². The highest BCUT2D eigenvalue weighted by Crippen LogP contribution is 2.12. The van der Waals surface area contributed by atoms with Gasteiger partial charge in [-0.15, -0.1) is 0 Å². The first-order valence-corrected chi connectivity index (χ1v) is 5.10. The largest absolute Gasteiger partial charge is 0.448 e. The molecule has 0 saturated heterocycles. The zero-order valence-corrected chi connectivity index (χ0v) is 9.30. The number of methoxy groups -OCH3 is 1. The highest BCUT2D eigenvalue weighted by atomic mass is 35.5. The second-order valence-electron chi connectivity index (χ2n) is 3.15. The van der Waals surface area contributed by atoms with Gasteiger partial charge in [0.2, 0.25) is 0 Å². The summed E-state index contributed by atoms with van der Waals surface area (Å²) in [6.45, 7) is 3.52. The lowest BCUT2D eigenvalue weighted by Gasteiger charge is -2.14. The van der Waals surface area contributed by atoms with Gasteiger partial charge in [-0.3, -0.25) is 0 Å². The van der Waals surface area contributed by atoms with E-state index in [1.807, 2.05) is 6.07 Å². The number of hydrogen-bond acceptors (Lipinski definition) is 3. The molecule has 80 valence electrons. The minimum Gasteiger partial charge on any atom is -0.448 e. The minimum absolute atomic E-state index is 0.365. The maximum atomic E-state index is 5.65. The molecule has 0 aromatic carbocycles. The van der Waals surface area contributed by atoms with E-state index in [2.05, 4.69) is 12.2 Å². The molecule has 0 bridgehead atoms. The van der Waals surface area contributed by atoms with Gasteiger partial charge in [-0.2, -0.15) is 0 Å². The van der Waals surface area contributed by atoms with E-state index in [0.29, 0.717) is 24.4 Å². The fraction of sp³-hybridized carbons (Fsp3) is 0.600. The van der Waals surface area contributed by atoms with Crippen molar-refractivity contribution in [2.45, 2.75) is 25.9 Å². The SMILES string of the molecule is CCC(COC)NCc1ccc(Cl)o1. The highest BCUT2D eigenvalue weighted by Gasteiger charge is 2.06. The average Bonchev–Trinajstić information content (AvgIpc) is 2.59. The van der Waals surface area contributed by atoms with Gasteiger partial charge in [-0.05, 0) is 30.2 Å². The van der Waals surface area contributed by atoms with Crippen molar-refractivity contribution in [3.63, 3.8) is 0 Å². The van der Waals surface area contributed by atoms with E-state index in [4.69, 9.17) is 20.8 Å². The van der Waals surface area contributed by atoms with E-state index in [1.165, 1.54) is 0 Å². The molecule has 4 heteroatoms. The van der Waals surface area contributed by atoms with Crippen LogP contribution in [0.1, 0.15) is 19.1 Å². The minimum atomic E-state index is 0.365. The standard InChI is InChI=1S/C10H16ClNO2/c1-3-8(7-13-2)12-6-9-4-5-10(11)14-9/h4-5,8,12H,3,6-7H2,1-2H3. The molecule has 1 N–H and O–H groups in total. The van der Waals surface area contributed by atoms with Crippen LogP contribution in [0.3, 0.4) is 0 Å². The summed E-state index contributed by atoms with van der Waals surface area (Å²) in [5.74, 6) is 0.851. The molecule has 1 aromatic rings. The highest BCUT2D eigenvalue weighted by molar-refractivity contribution is 6.28. The molecule has 0 spiro atoms. The van der Waals surface area contributed by atoms with Crippen LogP contribution in [0.5, 0.6) is 0 Å². The molecule has 0 aliphatic rings. The van der Waals surface area contributed by atoms with Crippen LogP contribution < -0.4 is 5.32 Å². The zero-order chi connectivity index (χ0) is 10.4. The first-order valence-electron chi connectivity index (χ1n) is 4.72. The summed E-state index contributed by atoms with van der Waals surface area (Å²) in [6.07, 6.45) is 1.03. The van der Waals surface area contributed by atoms with E-state index in [1.54, 1.807) is 13.2 Å². The number of rotatable bonds is 6. The lowest BCUT2D eigenvalue weighted by Crippen LogP contribution is -2.31. The van der Waals surface area contributed by atoms with Crippen molar-refractivity contribution in [3.05, 3.63) is 23.1 Å². The monoisotopic (exact) mass is 217 g/mol. The summed E-state index contributed by atoms with van der Waals surface area (Å²) in [4.78, 5) is 0. The van der Waals surface area contributed by atoms with Gasteiger partial charge in [-0.25, -0.2) is 0 Å². The Morgan fingerprint density at radius 2 is 2.36 bits per heavy atom. The smallest absolute Gasteiger partial charge is 0.193 e. The van der Waals surface area contributed by atoms with Crippen molar-refractivity contribution >= 4 is 11.6 Å². The maximum absolute atomic E-state index is 5.65. The number of ether oxygens (including phenoxy) is 1. The summed E-state index contributed by atoms with van der Waals surface area (Å²) in [5.41, 5.74) is 0. The molecule has 0 radical (unpaired) electrons. The molecule has 1 aromatic heterocycles. The van der Waals surface area contributed by atoms with Crippen molar-refractivity contribution in [2.24, 2.45) is 0 Å². The van der Waals surface area contributed by atoms with E-state index in [9.17, 15) is 0 Å². The van der Waals surface area contributed by atoms with Gasteiger partial charge in [0, 0.05) is 13.2 Å². The molecule has 1 unspecified atom stereocenters. The number of furan rings is 1. The van der Waals surface area contributed by atoms with Gasteiger partial charge in [0.05, 0.1) is 13.2 Å². The maximum Gasteiger partial charge on any atom is 0.193 e. The number of nitrogens with one attached hydrogen (secondary N) is 1. The first kappa shape index (κ1) is 11.6. The molecule has 0 fully saturated rings. The first-order chi connectivity index (χ1) is 6.76. The van der Waals surface area contributed by atoms with Gasteiger partial charge in [-0.1, -0.05) is 6.92 Å². The lowest BCUT2D eigenvalue weighted by atomic mass is 10.2. The Morgan fingerprint density at radius 1 is 1.57 bits per heavy atom. The van der Waals surface area contributed by atoms with Crippen LogP contribution in [0.25, 0.3) is 0 Å². The number of halogens is 1. The van der Waals surface area contributed by atoms with Crippen molar-refractivity contribution in [1.29, 1.82) is 0 Å². The van der Waals surface area contributed by atoms with Gasteiger partial charge in [0.1, 0.15) is 5.76 Å². The van der Waals surface area contributed by atoms with Gasteiger partial charge in [0.15, 0.2) is 5.22 Å². The molecule has 14 heavy (non-hydrogen) atoms. The Morgan fingerprint density at radius 3 is 2.86 bits per heavy atom. The Hall–Kier alpha value is -0.510. The summed E-state index contributed by atoms with van der Waals surface area (Å²) in [6, 6.07) is 3.98. The van der Waals surface area contributed by atoms with E-state index in [-0.39, 0.29) is 0 Å². The van der Waals surface area contributed by atoms with Gasteiger partial charge >= 0.3 is 0 Å². The zero-order valence-electron chi connectivity index (χ0n) is 8.55. The summed E-state index contributed by atoms with van der Waals surface area (Å²) < 4.78 is 10.3. The molecule has 0 aliphatic heterocycles. The Bertz CT molecular complexity index is 262. The van der Waals surface area contributed by atoms with Crippen LogP contribution in [0.15, 0.2) is 16.5 Å². The third-order valence-corrected chi connectivity index (χ3v) is 2.26. The normalized spacial score (nSPS) is 13.1. The Kier molecular flexibility index (Phi) is 5.01. The Labute approximate surface area is 89.4 Å². The van der Waals surface area contributed by atoms with E-state index < -0.39 is 0 Å². The Balaban J connectivity index is 2.31. The second kappa shape index (κ2) is 6.06. The summed E-state index contributed by atoms with van der Waals surface area (Å²) in [7, 11) is 1.70. The van der Waals surface area contributed by atoms with Crippen LogP contribution in [-0.4, -0.2) is 19.8 Å². The van der Waals surface area contributed by atoms with Crippen LogP contribution in [-0.2, 0) is 11.3 Å². The van der Waals surface area contributed by atoms with Gasteiger partial charge < -0.3 is 14.5 Å². The predicted octanol–water partition coefficient (Wildman–Crippen LogP) is 2.45. The molecular weight excluding hydrogens is 202 g/mol. The third kappa shape index (κ3) is 3.70. The molecule has 0 aliphatic carbocycles. The van der Waals surface area contributed by atoms with E-state index >= 15 is 0 Å².